The predicted octanol–water partition coefficient (Wildman–Crippen LogP) is 0.592. The van der Waals surface area contributed by atoms with Crippen molar-refractivity contribution < 1.29 is 18.3 Å². The Balaban J connectivity index is 2.65. The molecule has 0 aromatic rings. The summed E-state index contributed by atoms with van der Waals surface area (Å²) in [6.07, 6.45) is -4.93. The number of alkyl halides is 3. The van der Waals surface area contributed by atoms with Crippen LogP contribution in [-0.4, -0.2) is 54.0 Å². The molecule has 0 amide bonds. The summed E-state index contributed by atoms with van der Waals surface area (Å²) in [4.78, 5) is 1.30. The maximum Gasteiger partial charge on any atom is 0.401 e. The van der Waals surface area contributed by atoms with Crippen LogP contribution in [0.1, 0.15) is 13.8 Å². The number of aliphatic hydroxyl groups is 1. The van der Waals surface area contributed by atoms with Gasteiger partial charge >= 0.3 is 6.18 Å². The predicted molar refractivity (Wildman–Crippen MR) is 50.6 cm³/mol. The number of nitrogens with zero attached hydrogens (tertiary/aromatic N) is 1. The number of nitrogens with one attached hydrogen (secondary N) is 1. The van der Waals surface area contributed by atoms with E-state index in [0.717, 1.165) is 0 Å². The summed E-state index contributed by atoms with van der Waals surface area (Å²) >= 11 is 0. The molecule has 0 aromatic heterocycles. The Bertz CT molecular complexity index is 208. The first-order valence-corrected chi connectivity index (χ1v) is 5.02. The highest BCUT2D eigenvalue weighted by Gasteiger charge is 2.39. The smallest absolute Gasteiger partial charge is 0.390 e. The number of hydrogen-bond donors (Lipinski definition) is 2. The van der Waals surface area contributed by atoms with Gasteiger partial charge in [-0.3, -0.25) is 4.90 Å². The summed E-state index contributed by atoms with van der Waals surface area (Å²) in [7, 11) is 0. The molecule has 90 valence electrons. The van der Waals surface area contributed by atoms with Gasteiger partial charge in [0.15, 0.2) is 0 Å². The Morgan fingerprint density at radius 3 is 2.33 bits per heavy atom. The standard InChI is InChI=1S/C9H17F3N2O/c1-6(2)14(5-9(10,11)12)7-3-13-4-8(7)15/h6-8,13,15H,3-5H2,1-2H3. The van der Waals surface area contributed by atoms with E-state index in [1.165, 1.54) is 4.90 Å². The number of halogens is 3. The van der Waals surface area contributed by atoms with Gasteiger partial charge in [0.25, 0.3) is 0 Å². The van der Waals surface area contributed by atoms with Crippen LogP contribution in [0.4, 0.5) is 13.2 Å². The van der Waals surface area contributed by atoms with Crippen LogP contribution in [0, 0.1) is 0 Å². The molecule has 0 aromatic carbocycles. The van der Waals surface area contributed by atoms with E-state index in [-0.39, 0.29) is 6.04 Å². The van der Waals surface area contributed by atoms with Gasteiger partial charge in [0.05, 0.1) is 12.6 Å². The Labute approximate surface area is 87.3 Å². The Kier molecular flexibility index (Phi) is 3.97. The zero-order chi connectivity index (χ0) is 11.6. The van der Waals surface area contributed by atoms with Gasteiger partial charge < -0.3 is 10.4 Å². The molecule has 0 saturated carbocycles. The van der Waals surface area contributed by atoms with E-state index in [9.17, 15) is 18.3 Å². The molecule has 15 heavy (non-hydrogen) atoms. The van der Waals surface area contributed by atoms with Crippen LogP contribution in [-0.2, 0) is 0 Å². The molecule has 0 spiro atoms. The first-order chi connectivity index (χ1) is 6.81. The lowest BCUT2D eigenvalue weighted by Gasteiger charge is -2.34. The average Bonchev–Trinajstić information content (AvgIpc) is 2.45. The molecule has 2 unspecified atom stereocenters. The second-order valence-electron chi connectivity index (χ2n) is 4.17. The van der Waals surface area contributed by atoms with E-state index in [1.54, 1.807) is 13.8 Å². The fourth-order valence-corrected chi connectivity index (χ4v) is 1.88. The summed E-state index contributed by atoms with van der Waals surface area (Å²) in [6, 6.07) is -0.669. The average molecular weight is 226 g/mol. The van der Waals surface area contributed by atoms with Crippen molar-refractivity contribution in [3.05, 3.63) is 0 Å². The van der Waals surface area contributed by atoms with Gasteiger partial charge in [0.1, 0.15) is 0 Å². The fraction of sp³-hybridized carbons (Fsp3) is 1.00. The minimum Gasteiger partial charge on any atom is -0.390 e. The molecule has 1 saturated heterocycles. The van der Waals surface area contributed by atoms with Crippen LogP contribution < -0.4 is 5.32 Å². The lowest BCUT2D eigenvalue weighted by Crippen LogP contribution is -2.50. The van der Waals surface area contributed by atoms with Crippen molar-refractivity contribution in [1.82, 2.24) is 10.2 Å². The van der Waals surface area contributed by atoms with E-state index in [4.69, 9.17) is 0 Å². The van der Waals surface area contributed by atoms with Crippen LogP contribution >= 0.6 is 0 Å². The lowest BCUT2D eigenvalue weighted by atomic mass is 10.1. The number of aliphatic hydroxyl groups excluding tert-OH is 1. The highest BCUT2D eigenvalue weighted by atomic mass is 19.4. The normalized spacial score (nSPS) is 28.0. The quantitative estimate of drug-likeness (QED) is 0.739. The molecule has 2 atom stereocenters. The van der Waals surface area contributed by atoms with E-state index >= 15 is 0 Å². The summed E-state index contributed by atoms with van der Waals surface area (Å²) in [5, 5.41) is 12.4. The summed E-state index contributed by atoms with van der Waals surface area (Å²) in [6.45, 7) is 3.23. The third-order valence-corrected chi connectivity index (χ3v) is 2.60. The summed E-state index contributed by atoms with van der Waals surface area (Å²) < 4.78 is 36.9. The van der Waals surface area contributed by atoms with Crippen molar-refractivity contribution in [2.75, 3.05) is 19.6 Å². The molecule has 2 N–H and O–H groups in total. The van der Waals surface area contributed by atoms with Crippen molar-refractivity contribution in [1.29, 1.82) is 0 Å². The fourth-order valence-electron chi connectivity index (χ4n) is 1.88. The molecule has 1 aliphatic heterocycles. The van der Waals surface area contributed by atoms with Gasteiger partial charge in [-0.15, -0.1) is 0 Å². The van der Waals surface area contributed by atoms with Crippen molar-refractivity contribution in [2.45, 2.75) is 38.2 Å². The van der Waals surface area contributed by atoms with E-state index < -0.39 is 24.9 Å². The van der Waals surface area contributed by atoms with Crippen LogP contribution in [0.5, 0.6) is 0 Å². The monoisotopic (exact) mass is 226 g/mol. The molecule has 0 bridgehead atoms. The Morgan fingerprint density at radius 2 is 2.00 bits per heavy atom. The lowest BCUT2D eigenvalue weighted by molar-refractivity contribution is -0.158. The molecule has 3 nitrogen and oxygen atoms in total. The third kappa shape index (κ3) is 3.62. The number of hydrogen-bond acceptors (Lipinski definition) is 3. The molecule has 1 fully saturated rings. The molecular weight excluding hydrogens is 209 g/mol. The van der Waals surface area contributed by atoms with Gasteiger partial charge in [-0.2, -0.15) is 13.2 Å². The molecule has 6 heteroatoms. The third-order valence-electron chi connectivity index (χ3n) is 2.60. The van der Waals surface area contributed by atoms with Gasteiger partial charge in [-0.05, 0) is 13.8 Å². The SMILES string of the molecule is CC(C)N(CC(F)(F)F)C1CNCC1O. The minimum atomic E-state index is -4.22. The zero-order valence-electron chi connectivity index (χ0n) is 8.88. The molecule has 1 heterocycles. The molecule has 1 rings (SSSR count). The first kappa shape index (κ1) is 12.7. The Morgan fingerprint density at radius 1 is 1.40 bits per heavy atom. The summed E-state index contributed by atoms with van der Waals surface area (Å²) in [5.74, 6) is 0. The van der Waals surface area contributed by atoms with Gasteiger partial charge in [0, 0.05) is 25.2 Å². The second kappa shape index (κ2) is 4.67. The summed E-state index contributed by atoms with van der Waals surface area (Å²) in [5.41, 5.74) is 0. The molecular formula is C9H17F3N2O. The number of rotatable bonds is 3. The van der Waals surface area contributed by atoms with Crippen molar-refractivity contribution in [3.63, 3.8) is 0 Å². The first-order valence-electron chi connectivity index (χ1n) is 5.02. The van der Waals surface area contributed by atoms with E-state index in [1.807, 2.05) is 0 Å². The molecule has 0 aliphatic carbocycles. The van der Waals surface area contributed by atoms with Crippen LogP contribution in [0.2, 0.25) is 0 Å². The topological polar surface area (TPSA) is 35.5 Å². The number of β-amino-alcohol motifs (C(OH)–C–C–N with tert-alkyl or cyclic N) is 1. The van der Waals surface area contributed by atoms with Crippen molar-refractivity contribution >= 4 is 0 Å². The van der Waals surface area contributed by atoms with Crippen LogP contribution in [0.15, 0.2) is 0 Å². The maximum absolute atomic E-state index is 12.3. The van der Waals surface area contributed by atoms with Crippen molar-refractivity contribution in [3.8, 4) is 0 Å². The van der Waals surface area contributed by atoms with Gasteiger partial charge in [-0.1, -0.05) is 0 Å². The van der Waals surface area contributed by atoms with Gasteiger partial charge in [0.2, 0.25) is 0 Å². The highest BCUT2D eigenvalue weighted by molar-refractivity contribution is 4.90. The maximum atomic E-state index is 12.3. The highest BCUT2D eigenvalue weighted by Crippen LogP contribution is 2.22. The van der Waals surface area contributed by atoms with Crippen molar-refractivity contribution in [2.24, 2.45) is 0 Å². The largest absolute Gasteiger partial charge is 0.401 e. The van der Waals surface area contributed by atoms with Crippen LogP contribution in [0.25, 0.3) is 0 Å². The van der Waals surface area contributed by atoms with Gasteiger partial charge in [-0.25, -0.2) is 0 Å². The molecule has 0 radical (unpaired) electrons. The minimum absolute atomic E-state index is 0.230. The second-order valence-corrected chi connectivity index (χ2v) is 4.17. The Hall–Kier alpha value is -0.330. The zero-order valence-corrected chi connectivity index (χ0v) is 8.88. The van der Waals surface area contributed by atoms with E-state index in [2.05, 4.69) is 5.32 Å². The molecule has 1 aliphatic rings. The van der Waals surface area contributed by atoms with Crippen LogP contribution in [0.3, 0.4) is 0 Å². The van der Waals surface area contributed by atoms with E-state index in [0.29, 0.717) is 13.1 Å².